The number of aromatic nitrogens is 3. The van der Waals surface area contributed by atoms with E-state index in [2.05, 4.69) is 55.9 Å². The molecule has 26 heavy (non-hydrogen) atoms. The van der Waals surface area contributed by atoms with Crippen LogP contribution in [0, 0.1) is 0 Å². The zero-order chi connectivity index (χ0) is 17.6. The van der Waals surface area contributed by atoms with Gasteiger partial charge in [0.25, 0.3) is 0 Å². The van der Waals surface area contributed by atoms with Crippen molar-refractivity contribution >= 4 is 5.95 Å². The first-order valence-corrected chi connectivity index (χ1v) is 9.14. The van der Waals surface area contributed by atoms with Crippen LogP contribution in [0.1, 0.15) is 41.3 Å². The summed E-state index contributed by atoms with van der Waals surface area (Å²) in [5, 5.41) is 6.90. The summed E-state index contributed by atoms with van der Waals surface area (Å²) in [6, 6.07) is 15.1. The molecule has 2 heterocycles. The maximum absolute atomic E-state index is 4.60. The Balaban J connectivity index is 1.32. The molecule has 4 rings (SSSR count). The lowest BCUT2D eigenvalue weighted by atomic mass is 9.92. The van der Waals surface area contributed by atoms with Crippen LogP contribution in [0.3, 0.4) is 0 Å². The lowest BCUT2D eigenvalue weighted by Crippen LogP contribution is -2.25. The molecular weight excluding hydrogens is 322 g/mol. The highest BCUT2D eigenvalue weighted by atomic mass is 15.1. The Morgan fingerprint density at radius 3 is 2.38 bits per heavy atom. The summed E-state index contributed by atoms with van der Waals surface area (Å²) in [5.74, 6) is 0.654. The molecule has 5 nitrogen and oxygen atoms in total. The van der Waals surface area contributed by atoms with Gasteiger partial charge in [0.2, 0.25) is 5.95 Å². The zero-order valence-corrected chi connectivity index (χ0v) is 14.7. The number of hydrogen-bond donors (Lipinski definition) is 2. The maximum Gasteiger partial charge on any atom is 0.222 e. The Bertz CT molecular complexity index is 833. The molecule has 0 radical (unpaired) electrons. The van der Waals surface area contributed by atoms with Crippen molar-refractivity contribution in [2.75, 3.05) is 5.32 Å². The number of nitrogens with zero attached hydrogens (tertiary/aromatic N) is 3. The summed E-state index contributed by atoms with van der Waals surface area (Å²) in [4.78, 5) is 12.9. The van der Waals surface area contributed by atoms with Crippen molar-refractivity contribution in [2.24, 2.45) is 0 Å². The minimum Gasteiger partial charge on any atom is -0.350 e. The second-order valence-electron chi connectivity index (χ2n) is 6.62. The van der Waals surface area contributed by atoms with Crippen LogP contribution in [-0.4, -0.2) is 15.0 Å². The van der Waals surface area contributed by atoms with Gasteiger partial charge in [-0.2, -0.15) is 0 Å². The molecular formula is C21H23N5. The van der Waals surface area contributed by atoms with E-state index in [9.17, 15) is 0 Å². The van der Waals surface area contributed by atoms with Crippen LogP contribution in [0.15, 0.2) is 61.1 Å². The fourth-order valence-electron chi connectivity index (χ4n) is 3.40. The third-order valence-electron chi connectivity index (χ3n) is 4.79. The van der Waals surface area contributed by atoms with Crippen LogP contribution in [0.25, 0.3) is 0 Å². The lowest BCUT2D eigenvalue weighted by molar-refractivity contribution is 0.447. The van der Waals surface area contributed by atoms with Gasteiger partial charge >= 0.3 is 0 Å². The third-order valence-corrected chi connectivity index (χ3v) is 4.79. The second-order valence-corrected chi connectivity index (χ2v) is 6.62. The molecule has 3 aromatic rings. The van der Waals surface area contributed by atoms with Crippen LogP contribution in [-0.2, 0) is 19.5 Å². The number of hydrogen-bond acceptors (Lipinski definition) is 5. The number of benzene rings is 1. The number of nitrogens with one attached hydrogen (secondary N) is 2. The van der Waals surface area contributed by atoms with Crippen molar-refractivity contribution in [1.29, 1.82) is 0 Å². The summed E-state index contributed by atoms with van der Waals surface area (Å²) in [5.41, 5.74) is 5.11. The summed E-state index contributed by atoms with van der Waals surface area (Å²) in [6.45, 7) is 1.58. The van der Waals surface area contributed by atoms with Gasteiger partial charge in [-0.3, -0.25) is 4.98 Å². The molecule has 1 aromatic carbocycles. The van der Waals surface area contributed by atoms with E-state index in [1.165, 1.54) is 28.8 Å². The Kier molecular flexibility index (Phi) is 5.17. The van der Waals surface area contributed by atoms with E-state index in [1.807, 2.05) is 18.3 Å². The largest absolute Gasteiger partial charge is 0.350 e. The topological polar surface area (TPSA) is 62.7 Å². The highest BCUT2D eigenvalue weighted by molar-refractivity contribution is 5.29. The van der Waals surface area contributed by atoms with E-state index in [0.717, 1.165) is 25.9 Å². The minimum absolute atomic E-state index is 0.358. The molecule has 1 unspecified atom stereocenters. The molecule has 0 amide bonds. The standard InChI is InChI=1S/C21H23N5/c1-4-18-5-2-11-22-20(18)19(6-1)25-14-16-7-9-17(10-8-16)15-26-21-23-12-3-13-24-21/h2-3,5,7-13,19,25H,1,4,6,14-15H2,(H,23,24,26). The van der Waals surface area contributed by atoms with E-state index in [4.69, 9.17) is 0 Å². The van der Waals surface area contributed by atoms with Gasteiger partial charge in [-0.1, -0.05) is 30.3 Å². The molecule has 0 saturated heterocycles. The van der Waals surface area contributed by atoms with Crippen LogP contribution < -0.4 is 10.6 Å². The molecule has 1 atom stereocenters. The van der Waals surface area contributed by atoms with Gasteiger partial charge < -0.3 is 10.6 Å². The van der Waals surface area contributed by atoms with Crippen molar-refractivity contribution in [3.05, 3.63) is 83.4 Å². The second kappa shape index (κ2) is 8.06. The predicted octanol–water partition coefficient (Wildman–Crippen LogP) is 3.65. The van der Waals surface area contributed by atoms with Gasteiger partial charge in [0, 0.05) is 31.7 Å². The van der Waals surface area contributed by atoms with Crippen LogP contribution in [0.2, 0.25) is 0 Å². The predicted molar refractivity (Wildman–Crippen MR) is 103 cm³/mol. The van der Waals surface area contributed by atoms with Crippen molar-refractivity contribution in [3.8, 4) is 0 Å². The van der Waals surface area contributed by atoms with E-state index in [0.29, 0.717) is 12.0 Å². The molecule has 0 bridgehead atoms. The van der Waals surface area contributed by atoms with Crippen LogP contribution in [0.4, 0.5) is 5.95 Å². The fraction of sp³-hybridized carbons (Fsp3) is 0.286. The van der Waals surface area contributed by atoms with Gasteiger partial charge in [0.05, 0.1) is 11.7 Å². The van der Waals surface area contributed by atoms with Gasteiger partial charge in [-0.05, 0) is 48.1 Å². The molecule has 0 saturated carbocycles. The number of pyridine rings is 1. The molecule has 5 heteroatoms. The Labute approximate surface area is 153 Å². The molecule has 1 aliphatic carbocycles. The first kappa shape index (κ1) is 16.7. The van der Waals surface area contributed by atoms with E-state index < -0.39 is 0 Å². The van der Waals surface area contributed by atoms with E-state index in [1.54, 1.807) is 12.4 Å². The maximum atomic E-state index is 4.60. The SMILES string of the molecule is c1cnc(NCc2ccc(CNC3CCCc4cccnc43)cc2)nc1. The average molecular weight is 345 g/mol. The fourth-order valence-corrected chi connectivity index (χ4v) is 3.40. The highest BCUT2D eigenvalue weighted by Crippen LogP contribution is 2.27. The van der Waals surface area contributed by atoms with Gasteiger partial charge in [0.15, 0.2) is 0 Å². The first-order valence-electron chi connectivity index (χ1n) is 9.14. The third kappa shape index (κ3) is 4.06. The first-order chi connectivity index (χ1) is 12.9. The molecule has 1 aliphatic rings. The highest BCUT2D eigenvalue weighted by Gasteiger charge is 2.20. The summed E-state index contributed by atoms with van der Waals surface area (Å²) in [6.07, 6.45) is 8.90. The number of aryl methyl sites for hydroxylation is 1. The van der Waals surface area contributed by atoms with Crippen LogP contribution in [0.5, 0.6) is 0 Å². The molecule has 2 N–H and O–H groups in total. The Morgan fingerprint density at radius 2 is 1.58 bits per heavy atom. The van der Waals surface area contributed by atoms with Gasteiger partial charge in [-0.15, -0.1) is 0 Å². The normalized spacial score (nSPS) is 16.1. The van der Waals surface area contributed by atoms with Crippen molar-refractivity contribution in [1.82, 2.24) is 20.3 Å². The van der Waals surface area contributed by atoms with Crippen molar-refractivity contribution in [2.45, 2.75) is 38.4 Å². The average Bonchev–Trinajstić information content (AvgIpc) is 2.72. The zero-order valence-electron chi connectivity index (χ0n) is 14.7. The van der Waals surface area contributed by atoms with E-state index in [-0.39, 0.29) is 0 Å². The number of rotatable bonds is 6. The Hall–Kier alpha value is -2.79. The molecule has 0 aliphatic heterocycles. The quantitative estimate of drug-likeness (QED) is 0.714. The molecule has 2 aromatic heterocycles. The van der Waals surface area contributed by atoms with Gasteiger partial charge in [0.1, 0.15) is 0 Å². The lowest BCUT2D eigenvalue weighted by Gasteiger charge is -2.25. The summed E-state index contributed by atoms with van der Waals surface area (Å²) >= 11 is 0. The summed E-state index contributed by atoms with van der Waals surface area (Å²) < 4.78 is 0. The summed E-state index contributed by atoms with van der Waals surface area (Å²) in [7, 11) is 0. The van der Waals surface area contributed by atoms with Crippen molar-refractivity contribution < 1.29 is 0 Å². The van der Waals surface area contributed by atoms with Crippen LogP contribution >= 0.6 is 0 Å². The molecule has 132 valence electrons. The molecule has 0 fully saturated rings. The molecule has 0 spiro atoms. The number of fused-ring (bicyclic) bond motifs is 1. The monoisotopic (exact) mass is 345 g/mol. The van der Waals surface area contributed by atoms with Crippen molar-refractivity contribution in [3.63, 3.8) is 0 Å². The smallest absolute Gasteiger partial charge is 0.222 e. The minimum atomic E-state index is 0.358. The van der Waals surface area contributed by atoms with Gasteiger partial charge in [-0.25, -0.2) is 9.97 Å². The van der Waals surface area contributed by atoms with E-state index >= 15 is 0 Å². The Morgan fingerprint density at radius 1 is 0.846 bits per heavy atom. The number of anilines is 1.